The van der Waals surface area contributed by atoms with Gasteiger partial charge in [0.1, 0.15) is 11.7 Å². The molecule has 1 fully saturated rings. The maximum absolute atomic E-state index is 12.7. The Bertz CT molecular complexity index is 850. The van der Waals surface area contributed by atoms with Crippen LogP contribution in [0.2, 0.25) is 0 Å². The van der Waals surface area contributed by atoms with Gasteiger partial charge in [-0.2, -0.15) is 4.98 Å². The van der Waals surface area contributed by atoms with Gasteiger partial charge in [0.25, 0.3) is 0 Å². The Morgan fingerprint density at radius 1 is 1.24 bits per heavy atom. The predicted molar refractivity (Wildman–Crippen MR) is 89.2 cm³/mol. The smallest absolute Gasteiger partial charge is 0.249 e. The molecule has 4 heterocycles. The van der Waals surface area contributed by atoms with Crippen LogP contribution in [-0.4, -0.2) is 37.5 Å². The van der Waals surface area contributed by atoms with Gasteiger partial charge in [0.15, 0.2) is 0 Å². The minimum Gasteiger partial charge on any atom is -0.337 e. The molecule has 126 valence electrons. The van der Waals surface area contributed by atoms with Crippen LogP contribution in [0.1, 0.15) is 30.3 Å². The van der Waals surface area contributed by atoms with E-state index in [4.69, 9.17) is 4.52 Å². The second-order valence-corrected chi connectivity index (χ2v) is 5.95. The van der Waals surface area contributed by atoms with E-state index in [2.05, 4.69) is 20.1 Å². The lowest BCUT2D eigenvalue weighted by atomic mass is 10.1. The standard InChI is InChI=1S/C18H17N5O2/c24-16(11-13-5-3-8-19-12-13)23-10-4-7-15(23)18-21-17(22-25-18)14-6-1-2-9-20-14/h1-3,5-6,8-9,12,15H,4,7,10-11H2. The summed E-state index contributed by atoms with van der Waals surface area (Å²) in [6.07, 6.45) is 7.17. The lowest BCUT2D eigenvalue weighted by molar-refractivity contribution is -0.131. The average molecular weight is 335 g/mol. The molecule has 1 unspecified atom stereocenters. The topological polar surface area (TPSA) is 85.0 Å². The number of hydrogen-bond donors (Lipinski definition) is 0. The van der Waals surface area contributed by atoms with Crippen molar-refractivity contribution in [2.45, 2.75) is 25.3 Å². The molecule has 0 bridgehead atoms. The second kappa shape index (κ2) is 6.80. The largest absolute Gasteiger partial charge is 0.337 e. The van der Waals surface area contributed by atoms with Crippen LogP contribution in [0.15, 0.2) is 53.4 Å². The summed E-state index contributed by atoms with van der Waals surface area (Å²) < 4.78 is 5.43. The highest BCUT2D eigenvalue weighted by molar-refractivity contribution is 5.79. The molecule has 0 aromatic carbocycles. The molecule has 7 nitrogen and oxygen atoms in total. The summed E-state index contributed by atoms with van der Waals surface area (Å²) in [5.74, 6) is 0.966. The van der Waals surface area contributed by atoms with Crippen molar-refractivity contribution in [2.24, 2.45) is 0 Å². The summed E-state index contributed by atoms with van der Waals surface area (Å²) in [5.41, 5.74) is 1.56. The summed E-state index contributed by atoms with van der Waals surface area (Å²) in [5, 5.41) is 4.01. The van der Waals surface area contributed by atoms with Crippen molar-refractivity contribution < 1.29 is 9.32 Å². The molecular weight excluding hydrogens is 318 g/mol. The molecule has 1 atom stereocenters. The molecule has 0 aliphatic carbocycles. The van der Waals surface area contributed by atoms with Crippen LogP contribution in [0.4, 0.5) is 0 Å². The third-order valence-electron chi connectivity index (χ3n) is 4.27. The first kappa shape index (κ1) is 15.4. The quantitative estimate of drug-likeness (QED) is 0.728. The van der Waals surface area contributed by atoms with Gasteiger partial charge in [0, 0.05) is 25.1 Å². The van der Waals surface area contributed by atoms with E-state index in [1.165, 1.54) is 0 Å². The Balaban J connectivity index is 1.52. The van der Waals surface area contributed by atoms with Crippen molar-refractivity contribution in [2.75, 3.05) is 6.54 Å². The zero-order chi connectivity index (χ0) is 17.1. The van der Waals surface area contributed by atoms with Gasteiger partial charge in [-0.25, -0.2) is 0 Å². The zero-order valence-electron chi connectivity index (χ0n) is 13.6. The molecule has 0 radical (unpaired) electrons. The molecule has 0 spiro atoms. The number of carbonyl (C=O) groups is 1. The summed E-state index contributed by atoms with van der Waals surface area (Å²) in [7, 11) is 0. The molecular formula is C18H17N5O2. The number of amides is 1. The molecule has 25 heavy (non-hydrogen) atoms. The maximum Gasteiger partial charge on any atom is 0.249 e. The van der Waals surface area contributed by atoms with Crippen LogP contribution in [0.3, 0.4) is 0 Å². The molecule has 1 amide bonds. The second-order valence-electron chi connectivity index (χ2n) is 5.95. The highest BCUT2D eigenvalue weighted by atomic mass is 16.5. The van der Waals surface area contributed by atoms with Gasteiger partial charge in [0.05, 0.1) is 6.42 Å². The molecule has 3 aromatic rings. The highest BCUT2D eigenvalue weighted by Crippen LogP contribution is 2.32. The first-order valence-corrected chi connectivity index (χ1v) is 8.24. The van der Waals surface area contributed by atoms with Gasteiger partial charge in [-0.15, -0.1) is 0 Å². The lowest BCUT2D eigenvalue weighted by Gasteiger charge is -2.21. The van der Waals surface area contributed by atoms with Crippen LogP contribution >= 0.6 is 0 Å². The maximum atomic E-state index is 12.7. The van der Waals surface area contributed by atoms with Crippen LogP contribution in [0.25, 0.3) is 11.5 Å². The molecule has 7 heteroatoms. The van der Waals surface area contributed by atoms with Crippen LogP contribution in [-0.2, 0) is 11.2 Å². The Labute approximate surface area is 144 Å². The first-order valence-electron chi connectivity index (χ1n) is 8.24. The first-order chi connectivity index (χ1) is 12.3. The van der Waals surface area contributed by atoms with Crippen molar-refractivity contribution >= 4 is 5.91 Å². The zero-order valence-corrected chi connectivity index (χ0v) is 13.6. The summed E-state index contributed by atoms with van der Waals surface area (Å²) in [4.78, 5) is 27.2. The number of nitrogens with zero attached hydrogens (tertiary/aromatic N) is 5. The molecule has 4 rings (SSSR count). The Morgan fingerprint density at radius 2 is 2.20 bits per heavy atom. The molecule has 3 aromatic heterocycles. The van der Waals surface area contributed by atoms with E-state index in [0.717, 1.165) is 18.4 Å². The molecule has 0 saturated carbocycles. The monoisotopic (exact) mass is 335 g/mol. The van der Waals surface area contributed by atoms with Gasteiger partial charge in [0.2, 0.25) is 17.6 Å². The van der Waals surface area contributed by atoms with E-state index in [9.17, 15) is 4.79 Å². The predicted octanol–water partition coefficient (Wildman–Crippen LogP) is 2.43. The average Bonchev–Trinajstić information content (AvgIpc) is 3.32. The minimum absolute atomic E-state index is 0.0492. The summed E-state index contributed by atoms with van der Waals surface area (Å²) in [6, 6.07) is 9.10. The molecule has 1 aliphatic heterocycles. The molecule has 0 N–H and O–H groups in total. The van der Waals surface area contributed by atoms with E-state index < -0.39 is 0 Å². The van der Waals surface area contributed by atoms with E-state index in [-0.39, 0.29) is 11.9 Å². The fourth-order valence-corrected chi connectivity index (χ4v) is 3.07. The van der Waals surface area contributed by atoms with Crippen molar-refractivity contribution in [3.05, 3.63) is 60.4 Å². The summed E-state index contributed by atoms with van der Waals surface area (Å²) >= 11 is 0. The van der Waals surface area contributed by atoms with Crippen LogP contribution < -0.4 is 0 Å². The number of pyridine rings is 2. The van der Waals surface area contributed by atoms with E-state index in [1.807, 2.05) is 35.2 Å². The van der Waals surface area contributed by atoms with E-state index in [0.29, 0.717) is 30.4 Å². The fourth-order valence-electron chi connectivity index (χ4n) is 3.07. The SMILES string of the molecule is O=C(Cc1cccnc1)N1CCCC1c1nc(-c2ccccn2)no1. The van der Waals surface area contributed by atoms with E-state index >= 15 is 0 Å². The number of rotatable bonds is 4. The number of aromatic nitrogens is 4. The third kappa shape index (κ3) is 3.26. The van der Waals surface area contributed by atoms with Gasteiger partial charge in [-0.1, -0.05) is 17.3 Å². The van der Waals surface area contributed by atoms with Crippen molar-refractivity contribution in [1.82, 2.24) is 25.0 Å². The third-order valence-corrected chi connectivity index (χ3v) is 4.27. The van der Waals surface area contributed by atoms with Gasteiger partial charge in [-0.05, 0) is 36.6 Å². The number of likely N-dealkylation sites (tertiary alicyclic amines) is 1. The van der Waals surface area contributed by atoms with Crippen molar-refractivity contribution in [3.63, 3.8) is 0 Å². The molecule has 1 aliphatic rings. The Morgan fingerprint density at radius 3 is 3.00 bits per heavy atom. The highest BCUT2D eigenvalue weighted by Gasteiger charge is 2.34. The van der Waals surface area contributed by atoms with Crippen molar-refractivity contribution in [1.29, 1.82) is 0 Å². The van der Waals surface area contributed by atoms with Gasteiger partial charge < -0.3 is 9.42 Å². The Hall–Kier alpha value is -3.09. The van der Waals surface area contributed by atoms with Crippen LogP contribution in [0, 0.1) is 0 Å². The lowest BCUT2D eigenvalue weighted by Crippen LogP contribution is -2.32. The number of hydrogen-bond acceptors (Lipinski definition) is 6. The normalized spacial score (nSPS) is 17.0. The van der Waals surface area contributed by atoms with Gasteiger partial charge >= 0.3 is 0 Å². The Kier molecular flexibility index (Phi) is 4.20. The van der Waals surface area contributed by atoms with Gasteiger partial charge in [-0.3, -0.25) is 14.8 Å². The fraction of sp³-hybridized carbons (Fsp3) is 0.278. The van der Waals surface area contributed by atoms with E-state index in [1.54, 1.807) is 18.6 Å². The minimum atomic E-state index is -0.172. The summed E-state index contributed by atoms with van der Waals surface area (Å²) in [6.45, 7) is 0.699. The molecule has 1 saturated heterocycles. The van der Waals surface area contributed by atoms with Crippen molar-refractivity contribution in [3.8, 4) is 11.5 Å². The van der Waals surface area contributed by atoms with Crippen LogP contribution in [0.5, 0.6) is 0 Å². The number of carbonyl (C=O) groups excluding carboxylic acids is 1.